The fourth-order valence-corrected chi connectivity index (χ4v) is 4.85. The topological polar surface area (TPSA) is 12.9 Å². The van der Waals surface area contributed by atoms with Crippen molar-refractivity contribution in [1.82, 2.24) is 4.98 Å². The monoisotopic (exact) mass is 383 g/mol. The van der Waals surface area contributed by atoms with E-state index in [-0.39, 0.29) is 0 Å². The van der Waals surface area contributed by atoms with Crippen LogP contribution >= 0.6 is 0 Å². The van der Waals surface area contributed by atoms with Crippen LogP contribution in [0.25, 0.3) is 54.3 Å². The molecule has 0 bridgehead atoms. The second kappa shape index (κ2) is 6.40. The number of fused-ring (bicyclic) bond motifs is 6. The van der Waals surface area contributed by atoms with Crippen molar-refractivity contribution in [3.8, 4) is 11.3 Å². The minimum Gasteiger partial charge on any atom is -0.256 e. The summed E-state index contributed by atoms with van der Waals surface area (Å²) in [6.07, 6.45) is 1.94. The van der Waals surface area contributed by atoms with Crippen LogP contribution in [0.4, 0.5) is 0 Å². The van der Waals surface area contributed by atoms with Gasteiger partial charge in [0, 0.05) is 17.1 Å². The van der Waals surface area contributed by atoms with Gasteiger partial charge in [0.05, 0.1) is 5.69 Å². The molecule has 0 fully saturated rings. The van der Waals surface area contributed by atoms with Gasteiger partial charge >= 0.3 is 0 Å². The van der Waals surface area contributed by atoms with Crippen LogP contribution in [0, 0.1) is 13.8 Å². The Bertz CT molecular complexity index is 1610. The summed E-state index contributed by atoms with van der Waals surface area (Å²) in [4.78, 5) is 4.81. The quantitative estimate of drug-likeness (QED) is 0.262. The summed E-state index contributed by atoms with van der Waals surface area (Å²) in [7, 11) is 0. The highest BCUT2D eigenvalue weighted by Gasteiger charge is 2.11. The van der Waals surface area contributed by atoms with E-state index in [1.165, 1.54) is 59.8 Å². The third-order valence-corrected chi connectivity index (χ3v) is 6.23. The predicted molar refractivity (Wildman–Crippen MR) is 129 cm³/mol. The largest absolute Gasteiger partial charge is 0.256 e. The number of hydrogen-bond donors (Lipinski definition) is 0. The first-order chi connectivity index (χ1) is 14.7. The molecular formula is C29H21N. The molecule has 6 rings (SSSR count). The average Bonchev–Trinajstić information content (AvgIpc) is 2.77. The number of nitrogens with zero attached hydrogens (tertiary/aromatic N) is 1. The van der Waals surface area contributed by atoms with Crippen LogP contribution < -0.4 is 0 Å². The van der Waals surface area contributed by atoms with Gasteiger partial charge in [-0.1, -0.05) is 72.3 Å². The number of hydrogen-bond acceptors (Lipinski definition) is 1. The zero-order valence-corrected chi connectivity index (χ0v) is 17.1. The van der Waals surface area contributed by atoms with Crippen molar-refractivity contribution in [2.75, 3.05) is 0 Å². The van der Waals surface area contributed by atoms with Gasteiger partial charge in [-0.3, -0.25) is 4.98 Å². The van der Waals surface area contributed by atoms with Crippen molar-refractivity contribution in [3.05, 3.63) is 102 Å². The summed E-state index contributed by atoms with van der Waals surface area (Å²) in [6, 6.07) is 30.9. The molecule has 0 aliphatic rings. The van der Waals surface area contributed by atoms with E-state index in [1.807, 2.05) is 6.20 Å². The Morgan fingerprint density at radius 3 is 2.30 bits per heavy atom. The molecule has 0 spiro atoms. The number of pyridine rings is 1. The maximum atomic E-state index is 4.81. The van der Waals surface area contributed by atoms with Crippen molar-refractivity contribution in [3.63, 3.8) is 0 Å². The SMILES string of the molecule is Cc1ccc2c(ccc3c(-c4cc(C)c5c(ccc6ccccc65)c4)nccc32)c1. The zero-order valence-electron chi connectivity index (χ0n) is 17.1. The van der Waals surface area contributed by atoms with Gasteiger partial charge in [-0.05, 0) is 75.3 Å². The molecule has 30 heavy (non-hydrogen) atoms. The molecule has 0 atom stereocenters. The molecule has 0 unspecified atom stereocenters. The van der Waals surface area contributed by atoms with Crippen molar-refractivity contribution >= 4 is 43.1 Å². The maximum absolute atomic E-state index is 4.81. The minimum atomic E-state index is 1.05. The van der Waals surface area contributed by atoms with E-state index in [4.69, 9.17) is 4.98 Å². The van der Waals surface area contributed by atoms with Crippen molar-refractivity contribution in [2.24, 2.45) is 0 Å². The molecule has 6 aromatic rings. The number of aromatic nitrogens is 1. The van der Waals surface area contributed by atoms with E-state index < -0.39 is 0 Å². The lowest BCUT2D eigenvalue weighted by atomic mass is 9.93. The highest BCUT2D eigenvalue weighted by atomic mass is 14.7. The van der Waals surface area contributed by atoms with Crippen molar-refractivity contribution < 1.29 is 0 Å². The van der Waals surface area contributed by atoms with Crippen LogP contribution in [0.15, 0.2) is 91.1 Å². The minimum absolute atomic E-state index is 1.05. The van der Waals surface area contributed by atoms with E-state index in [2.05, 4.69) is 98.8 Å². The first-order valence-corrected chi connectivity index (χ1v) is 10.4. The molecule has 0 radical (unpaired) electrons. The molecule has 5 aromatic carbocycles. The third kappa shape index (κ3) is 2.52. The van der Waals surface area contributed by atoms with Crippen LogP contribution in [0.3, 0.4) is 0 Å². The maximum Gasteiger partial charge on any atom is 0.0780 e. The van der Waals surface area contributed by atoms with E-state index in [0.717, 1.165) is 5.69 Å². The molecule has 0 N–H and O–H groups in total. The van der Waals surface area contributed by atoms with Crippen LogP contribution in [0.2, 0.25) is 0 Å². The zero-order chi connectivity index (χ0) is 20.2. The van der Waals surface area contributed by atoms with Gasteiger partial charge < -0.3 is 0 Å². The normalized spacial score (nSPS) is 11.7. The molecule has 0 saturated heterocycles. The molecule has 1 heterocycles. The van der Waals surface area contributed by atoms with E-state index in [1.54, 1.807) is 0 Å². The van der Waals surface area contributed by atoms with Crippen LogP contribution in [-0.2, 0) is 0 Å². The van der Waals surface area contributed by atoms with Gasteiger partial charge in [0.25, 0.3) is 0 Å². The predicted octanol–water partition coefficient (Wildman–Crippen LogP) is 7.98. The van der Waals surface area contributed by atoms with Gasteiger partial charge in [0.15, 0.2) is 0 Å². The van der Waals surface area contributed by atoms with E-state index in [0.29, 0.717) is 0 Å². The van der Waals surface area contributed by atoms with Gasteiger partial charge in [-0.15, -0.1) is 0 Å². The Kier molecular flexibility index (Phi) is 3.66. The van der Waals surface area contributed by atoms with Gasteiger partial charge in [0.2, 0.25) is 0 Å². The van der Waals surface area contributed by atoms with Crippen LogP contribution in [-0.4, -0.2) is 4.98 Å². The fourth-order valence-electron chi connectivity index (χ4n) is 4.85. The molecule has 142 valence electrons. The second-order valence-corrected chi connectivity index (χ2v) is 8.22. The Labute approximate surface area is 175 Å². The summed E-state index contributed by atoms with van der Waals surface area (Å²) in [5, 5.41) is 10.2. The highest BCUT2D eigenvalue weighted by Crippen LogP contribution is 2.36. The molecular weight excluding hydrogens is 362 g/mol. The van der Waals surface area contributed by atoms with Gasteiger partial charge in [-0.2, -0.15) is 0 Å². The molecule has 1 aromatic heterocycles. The second-order valence-electron chi connectivity index (χ2n) is 8.22. The van der Waals surface area contributed by atoms with Crippen molar-refractivity contribution in [2.45, 2.75) is 13.8 Å². The van der Waals surface area contributed by atoms with E-state index in [9.17, 15) is 0 Å². The standard InChI is InChI=1S/C29H21N/c1-18-7-11-24-21(15-18)10-12-27-26(24)13-14-30-29(27)23-16-19(2)28-22(17-23)9-8-20-5-3-4-6-25(20)28/h3-17H,1-2H3. The molecule has 0 aliphatic heterocycles. The summed E-state index contributed by atoms with van der Waals surface area (Å²) < 4.78 is 0. The van der Waals surface area contributed by atoms with Gasteiger partial charge in [0.1, 0.15) is 0 Å². The summed E-state index contributed by atoms with van der Waals surface area (Å²) in [6.45, 7) is 4.35. The van der Waals surface area contributed by atoms with Crippen LogP contribution in [0.5, 0.6) is 0 Å². The third-order valence-electron chi connectivity index (χ3n) is 6.23. The average molecular weight is 383 g/mol. The fraction of sp³-hybridized carbons (Fsp3) is 0.0690. The number of rotatable bonds is 1. The van der Waals surface area contributed by atoms with Gasteiger partial charge in [-0.25, -0.2) is 0 Å². The Balaban J connectivity index is 1.65. The first-order valence-electron chi connectivity index (χ1n) is 10.4. The summed E-state index contributed by atoms with van der Waals surface area (Å²) in [5.41, 5.74) is 4.79. The smallest absolute Gasteiger partial charge is 0.0780 e. The Morgan fingerprint density at radius 2 is 1.37 bits per heavy atom. The van der Waals surface area contributed by atoms with Crippen LogP contribution in [0.1, 0.15) is 11.1 Å². The lowest BCUT2D eigenvalue weighted by molar-refractivity contribution is 1.36. The van der Waals surface area contributed by atoms with E-state index >= 15 is 0 Å². The summed E-state index contributed by atoms with van der Waals surface area (Å²) in [5.74, 6) is 0. The number of aryl methyl sites for hydroxylation is 2. The lowest BCUT2D eigenvalue weighted by Gasteiger charge is -2.13. The first kappa shape index (κ1) is 17.2. The highest BCUT2D eigenvalue weighted by molar-refractivity contribution is 6.13. The molecule has 0 saturated carbocycles. The lowest BCUT2D eigenvalue weighted by Crippen LogP contribution is -1.90. The molecule has 0 aliphatic carbocycles. The molecule has 1 nitrogen and oxygen atoms in total. The molecule has 0 amide bonds. The summed E-state index contributed by atoms with van der Waals surface area (Å²) >= 11 is 0. The van der Waals surface area contributed by atoms with Crippen molar-refractivity contribution in [1.29, 1.82) is 0 Å². The number of benzene rings is 5. The Hall–Kier alpha value is -3.71. The molecule has 1 heteroatoms. The Morgan fingerprint density at radius 1 is 0.567 bits per heavy atom.